The van der Waals surface area contributed by atoms with E-state index in [2.05, 4.69) is 5.32 Å². The lowest BCUT2D eigenvalue weighted by atomic mass is 10.1. The molecule has 0 aliphatic carbocycles. The van der Waals surface area contributed by atoms with Gasteiger partial charge in [-0.15, -0.1) is 0 Å². The van der Waals surface area contributed by atoms with Crippen LogP contribution in [-0.2, 0) is 4.79 Å². The van der Waals surface area contributed by atoms with E-state index < -0.39 is 6.04 Å². The minimum atomic E-state index is -0.559. The standard InChI is InChI=1S/C13H21N3O/c1-15-9-6-10-16(2)13(17)12(14)11-7-4-3-5-8-11/h3-5,7-8,12,15H,6,9-10,14H2,1-2H3/t12-/m1/s1. The molecule has 0 spiro atoms. The Morgan fingerprint density at radius 3 is 2.65 bits per heavy atom. The zero-order chi connectivity index (χ0) is 12.7. The largest absolute Gasteiger partial charge is 0.344 e. The number of nitrogens with zero attached hydrogens (tertiary/aromatic N) is 1. The predicted octanol–water partition coefficient (Wildman–Crippen LogP) is 0.754. The number of likely N-dealkylation sites (N-methyl/N-ethyl adjacent to an activating group) is 1. The lowest BCUT2D eigenvalue weighted by Crippen LogP contribution is -2.37. The van der Waals surface area contributed by atoms with Gasteiger partial charge in [0.2, 0.25) is 5.91 Å². The highest BCUT2D eigenvalue weighted by molar-refractivity contribution is 5.82. The first-order chi connectivity index (χ1) is 8.16. The van der Waals surface area contributed by atoms with Crippen LogP contribution in [0.25, 0.3) is 0 Å². The summed E-state index contributed by atoms with van der Waals surface area (Å²) in [6.45, 7) is 1.62. The number of carbonyl (C=O) groups is 1. The van der Waals surface area contributed by atoms with Crippen LogP contribution in [0.1, 0.15) is 18.0 Å². The molecule has 0 unspecified atom stereocenters. The van der Waals surface area contributed by atoms with Gasteiger partial charge in [-0.2, -0.15) is 0 Å². The Balaban J connectivity index is 2.51. The van der Waals surface area contributed by atoms with Crippen molar-refractivity contribution >= 4 is 5.91 Å². The number of hydrogen-bond donors (Lipinski definition) is 2. The first-order valence-electron chi connectivity index (χ1n) is 5.87. The van der Waals surface area contributed by atoms with Gasteiger partial charge in [0.05, 0.1) is 0 Å². The van der Waals surface area contributed by atoms with Gasteiger partial charge in [0.25, 0.3) is 0 Å². The second-order valence-electron chi connectivity index (χ2n) is 4.11. The Morgan fingerprint density at radius 1 is 1.41 bits per heavy atom. The van der Waals surface area contributed by atoms with Gasteiger partial charge in [-0.3, -0.25) is 4.79 Å². The highest BCUT2D eigenvalue weighted by Crippen LogP contribution is 2.11. The lowest BCUT2D eigenvalue weighted by molar-refractivity contribution is -0.131. The minimum Gasteiger partial charge on any atom is -0.344 e. The second kappa shape index (κ2) is 7.04. The van der Waals surface area contributed by atoms with E-state index in [1.54, 1.807) is 11.9 Å². The number of nitrogens with two attached hydrogens (primary N) is 1. The fourth-order valence-electron chi connectivity index (χ4n) is 1.64. The van der Waals surface area contributed by atoms with E-state index in [0.717, 1.165) is 25.1 Å². The van der Waals surface area contributed by atoms with Crippen molar-refractivity contribution in [3.8, 4) is 0 Å². The highest BCUT2D eigenvalue weighted by Gasteiger charge is 2.18. The molecule has 0 fully saturated rings. The Morgan fingerprint density at radius 2 is 2.06 bits per heavy atom. The van der Waals surface area contributed by atoms with Crippen LogP contribution in [0.4, 0.5) is 0 Å². The molecule has 0 bridgehead atoms. The molecule has 0 heterocycles. The molecule has 1 rings (SSSR count). The summed E-state index contributed by atoms with van der Waals surface area (Å²) in [6, 6.07) is 8.90. The molecule has 4 heteroatoms. The van der Waals surface area contributed by atoms with E-state index >= 15 is 0 Å². The molecule has 0 saturated carbocycles. The number of carbonyl (C=O) groups excluding carboxylic acids is 1. The van der Waals surface area contributed by atoms with Crippen molar-refractivity contribution in [1.82, 2.24) is 10.2 Å². The maximum atomic E-state index is 12.0. The molecule has 0 aromatic heterocycles. The molecular weight excluding hydrogens is 214 g/mol. The van der Waals surface area contributed by atoms with Gasteiger partial charge < -0.3 is 16.0 Å². The molecule has 4 nitrogen and oxygen atoms in total. The first kappa shape index (κ1) is 13.7. The Hall–Kier alpha value is -1.39. The summed E-state index contributed by atoms with van der Waals surface area (Å²) in [5.74, 6) is -0.0349. The number of nitrogens with one attached hydrogen (secondary N) is 1. The van der Waals surface area contributed by atoms with Crippen molar-refractivity contribution in [3.63, 3.8) is 0 Å². The molecule has 1 aromatic rings. The average Bonchev–Trinajstić information content (AvgIpc) is 2.38. The summed E-state index contributed by atoms with van der Waals surface area (Å²) in [4.78, 5) is 13.7. The van der Waals surface area contributed by atoms with Gasteiger partial charge in [-0.25, -0.2) is 0 Å². The molecule has 0 radical (unpaired) electrons. The predicted molar refractivity (Wildman–Crippen MR) is 69.6 cm³/mol. The van der Waals surface area contributed by atoms with Crippen LogP contribution < -0.4 is 11.1 Å². The van der Waals surface area contributed by atoms with Gasteiger partial charge in [0, 0.05) is 13.6 Å². The van der Waals surface area contributed by atoms with E-state index in [4.69, 9.17) is 5.73 Å². The Kier molecular flexibility index (Phi) is 5.66. The quantitative estimate of drug-likeness (QED) is 0.716. The molecule has 0 saturated heterocycles. The third-order valence-electron chi connectivity index (χ3n) is 2.72. The fraction of sp³-hybridized carbons (Fsp3) is 0.462. The maximum absolute atomic E-state index is 12.0. The molecule has 17 heavy (non-hydrogen) atoms. The summed E-state index contributed by atoms with van der Waals surface area (Å²) < 4.78 is 0. The number of rotatable bonds is 6. The van der Waals surface area contributed by atoms with Crippen LogP contribution >= 0.6 is 0 Å². The van der Waals surface area contributed by atoms with E-state index in [9.17, 15) is 4.79 Å². The van der Waals surface area contributed by atoms with Crippen molar-refractivity contribution in [2.45, 2.75) is 12.5 Å². The van der Waals surface area contributed by atoms with Crippen LogP contribution in [0.3, 0.4) is 0 Å². The Labute approximate surface area is 103 Å². The van der Waals surface area contributed by atoms with Crippen molar-refractivity contribution in [2.75, 3.05) is 27.2 Å². The third-order valence-corrected chi connectivity index (χ3v) is 2.72. The van der Waals surface area contributed by atoms with E-state index in [1.165, 1.54) is 0 Å². The van der Waals surface area contributed by atoms with Crippen LogP contribution in [0.5, 0.6) is 0 Å². The van der Waals surface area contributed by atoms with Crippen molar-refractivity contribution < 1.29 is 4.79 Å². The molecule has 0 aliphatic rings. The maximum Gasteiger partial charge on any atom is 0.243 e. The number of amides is 1. The molecule has 1 atom stereocenters. The molecule has 1 amide bonds. The van der Waals surface area contributed by atoms with E-state index in [0.29, 0.717) is 0 Å². The summed E-state index contributed by atoms with van der Waals surface area (Å²) in [7, 11) is 3.69. The lowest BCUT2D eigenvalue weighted by Gasteiger charge is -2.21. The van der Waals surface area contributed by atoms with Crippen LogP contribution in [-0.4, -0.2) is 38.0 Å². The number of benzene rings is 1. The normalized spacial score (nSPS) is 12.2. The van der Waals surface area contributed by atoms with Crippen molar-refractivity contribution in [2.24, 2.45) is 5.73 Å². The smallest absolute Gasteiger partial charge is 0.243 e. The summed E-state index contributed by atoms with van der Waals surface area (Å²) in [5.41, 5.74) is 6.80. The van der Waals surface area contributed by atoms with Crippen LogP contribution in [0, 0.1) is 0 Å². The van der Waals surface area contributed by atoms with E-state index in [-0.39, 0.29) is 5.91 Å². The van der Waals surface area contributed by atoms with Crippen LogP contribution in [0.15, 0.2) is 30.3 Å². The van der Waals surface area contributed by atoms with E-state index in [1.807, 2.05) is 37.4 Å². The summed E-state index contributed by atoms with van der Waals surface area (Å²) in [5, 5.41) is 3.05. The van der Waals surface area contributed by atoms with Gasteiger partial charge in [0.15, 0.2) is 0 Å². The monoisotopic (exact) mass is 235 g/mol. The molecule has 3 N–H and O–H groups in total. The molecule has 1 aromatic carbocycles. The van der Waals surface area contributed by atoms with Crippen LogP contribution in [0.2, 0.25) is 0 Å². The topological polar surface area (TPSA) is 58.4 Å². The highest BCUT2D eigenvalue weighted by atomic mass is 16.2. The van der Waals surface area contributed by atoms with Gasteiger partial charge in [-0.1, -0.05) is 30.3 Å². The third kappa shape index (κ3) is 4.17. The SMILES string of the molecule is CNCCCN(C)C(=O)[C@H](N)c1ccccc1. The van der Waals surface area contributed by atoms with Gasteiger partial charge in [0.1, 0.15) is 6.04 Å². The molecule has 0 aliphatic heterocycles. The van der Waals surface area contributed by atoms with Gasteiger partial charge >= 0.3 is 0 Å². The minimum absolute atomic E-state index is 0.0349. The summed E-state index contributed by atoms with van der Waals surface area (Å²) in [6.07, 6.45) is 0.931. The summed E-state index contributed by atoms with van der Waals surface area (Å²) >= 11 is 0. The zero-order valence-electron chi connectivity index (χ0n) is 10.5. The second-order valence-corrected chi connectivity index (χ2v) is 4.11. The molecule has 94 valence electrons. The molecular formula is C13H21N3O. The van der Waals surface area contributed by atoms with Crippen molar-refractivity contribution in [3.05, 3.63) is 35.9 Å². The number of hydrogen-bond acceptors (Lipinski definition) is 3. The zero-order valence-corrected chi connectivity index (χ0v) is 10.5. The average molecular weight is 235 g/mol. The fourth-order valence-corrected chi connectivity index (χ4v) is 1.64. The first-order valence-corrected chi connectivity index (χ1v) is 5.87. The van der Waals surface area contributed by atoms with Gasteiger partial charge in [-0.05, 0) is 25.6 Å². The Bertz CT molecular complexity index is 340. The van der Waals surface area contributed by atoms with Crippen molar-refractivity contribution in [1.29, 1.82) is 0 Å².